The molecule has 0 rings (SSSR count). The first-order chi connectivity index (χ1) is 27.5. The van der Waals surface area contributed by atoms with Gasteiger partial charge >= 0.3 is 5.97 Å². The van der Waals surface area contributed by atoms with Crippen LogP contribution in [0.4, 0.5) is 0 Å². The molecule has 6 heteroatoms. The zero-order valence-corrected chi connectivity index (χ0v) is 36.5. The van der Waals surface area contributed by atoms with E-state index in [4.69, 9.17) is 4.74 Å². The molecule has 0 fully saturated rings. The van der Waals surface area contributed by atoms with Crippen LogP contribution in [0.1, 0.15) is 207 Å². The zero-order chi connectivity index (χ0) is 41.0. The molecule has 3 N–H and O–H groups in total. The van der Waals surface area contributed by atoms with E-state index in [1.165, 1.54) is 70.6 Å². The number of hydrogen-bond donors (Lipinski definition) is 3. The molecule has 322 valence electrons. The van der Waals surface area contributed by atoms with Gasteiger partial charge in [0, 0.05) is 12.8 Å². The number of esters is 1. The second-order valence-electron chi connectivity index (χ2n) is 15.4. The lowest BCUT2D eigenvalue weighted by Crippen LogP contribution is -2.46. The number of carbonyl (C=O) groups excluding carboxylic acids is 2. The van der Waals surface area contributed by atoms with E-state index in [-0.39, 0.29) is 24.9 Å². The molecule has 1 amide bonds. The van der Waals surface area contributed by atoms with E-state index >= 15 is 0 Å². The molecule has 0 saturated carbocycles. The largest absolute Gasteiger partial charge is 0.461 e. The number of nitrogens with one attached hydrogen (secondary N) is 1. The SMILES string of the molecule is CC/C=C\C/C=C\C/C=C\C/C=C\C/C=C\CC(CC(=O)NC(CO)C(O)CCCCCCCCCCCCCC)OC(=O)CCCCCCC/C=C\CCC. The van der Waals surface area contributed by atoms with E-state index in [0.29, 0.717) is 19.3 Å². The van der Waals surface area contributed by atoms with Gasteiger partial charge in [-0.25, -0.2) is 0 Å². The third-order valence-electron chi connectivity index (χ3n) is 10.0. The zero-order valence-electron chi connectivity index (χ0n) is 36.5. The van der Waals surface area contributed by atoms with Crippen molar-refractivity contribution in [3.05, 3.63) is 72.9 Å². The molecule has 0 bridgehead atoms. The molecule has 6 nitrogen and oxygen atoms in total. The van der Waals surface area contributed by atoms with Crippen molar-refractivity contribution in [1.82, 2.24) is 5.32 Å². The van der Waals surface area contributed by atoms with Gasteiger partial charge in [0.15, 0.2) is 0 Å². The Morgan fingerprint density at radius 2 is 1.04 bits per heavy atom. The second kappa shape index (κ2) is 43.4. The Kier molecular flexibility index (Phi) is 41.3. The van der Waals surface area contributed by atoms with E-state index < -0.39 is 18.2 Å². The van der Waals surface area contributed by atoms with Gasteiger partial charge in [0.1, 0.15) is 6.10 Å². The summed E-state index contributed by atoms with van der Waals surface area (Å²) in [5.41, 5.74) is 0. The maximum atomic E-state index is 13.1. The van der Waals surface area contributed by atoms with Gasteiger partial charge in [-0.15, -0.1) is 0 Å². The molecule has 3 unspecified atom stereocenters. The fourth-order valence-electron chi connectivity index (χ4n) is 6.51. The summed E-state index contributed by atoms with van der Waals surface area (Å²) in [5.74, 6) is -0.598. The highest BCUT2D eigenvalue weighted by molar-refractivity contribution is 5.77. The van der Waals surface area contributed by atoms with Gasteiger partial charge in [-0.2, -0.15) is 0 Å². The van der Waals surface area contributed by atoms with Crippen LogP contribution in [0.15, 0.2) is 72.9 Å². The average Bonchev–Trinajstić information content (AvgIpc) is 3.19. The Hall–Kier alpha value is -2.70. The number of aliphatic hydroxyl groups excluding tert-OH is 2. The minimum absolute atomic E-state index is 0.00652. The lowest BCUT2D eigenvalue weighted by molar-refractivity contribution is -0.150. The van der Waals surface area contributed by atoms with Crippen molar-refractivity contribution in [3.63, 3.8) is 0 Å². The summed E-state index contributed by atoms with van der Waals surface area (Å²) in [5, 5.41) is 23.6. The molecule has 0 aliphatic heterocycles. The lowest BCUT2D eigenvalue weighted by Gasteiger charge is -2.24. The van der Waals surface area contributed by atoms with E-state index in [9.17, 15) is 19.8 Å². The number of aliphatic hydroxyl groups is 2. The second-order valence-corrected chi connectivity index (χ2v) is 15.4. The van der Waals surface area contributed by atoms with Crippen LogP contribution in [0.5, 0.6) is 0 Å². The highest BCUT2D eigenvalue weighted by Gasteiger charge is 2.23. The van der Waals surface area contributed by atoms with Crippen LogP contribution >= 0.6 is 0 Å². The Morgan fingerprint density at radius 3 is 1.57 bits per heavy atom. The lowest BCUT2D eigenvalue weighted by atomic mass is 10.0. The van der Waals surface area contributed by atoms with Gasteiger partial charge in [-0.3, -0.25) is 9.59 Å². The Labute approximate surface area is 345 Å². The van der Waals surface area contributed by atoms with Crippen molar-refractivity contribution in [1.29, 1.82) is 0 Å². The van der Waals surface area contributed by atoms with Crippen LogP contribution in [0.25, 0.3) is 0 Å². The van der Waals surface area contributed by atoms with Crippen molar-refractivity contribution >= 4 is 11.9 Å². The summed E-state index contributed by atoms with van der Waals surface area (Å²) in [6.07, 6.45) is 54.1. The summed E-state index contributed by atoms with van der Waals surface area (Å²) in [6, 6.07) is -0.734. The number of amides is 1. The molecule has 0 spiro atoms. The first-order valence-corrected chi connectivity index (χ1v) is 23.2. The Morgan fingerprint density at radius 1 is 0.554 bits per heavy atom. The Balaban J connectivity index is 4.76. The molecular formula is C50H87NO5. The number of allylic oxidation sites excluding steroid dienone is 11. The minimum Gasteiger partial charge on any atom is -0.461 e. The number of carbonyl (C=O) groups is 2. The van der Waals surface area contributed by atoms with E-state index in [1.807, 2.05) is 12.2 Å². The minimum atomic E-state index is -0.814. The van der Waals surface area contributed by atoms with Crippen LogP contribution in [-0.4, -0.2) is 46.9 Å². The number of ether oxygens (including phenoxy) is 1. The van der Waals surface area contributed by atoms with Gasteiger partial charge in [-0.1, -0.05) is 196 Å². The molecule has 0 aliphatic rings. The van der Waals surface area contributed by atoms with Gasteiger partial charge < -0.3 is 20.3 Å². The average molecular weight is 782 g/mol. The highest BCUT2D eigenvalue weighted by atomic mass is 16.5. The fraction of sp³-hybridized carbons (Fsp3) is 0.720. The molecule has 0 aliphatic carbocycles. The topological polar surface area (TPSA) is 95.9 Å². The summed E-state index contributed by atoms with van der Waals surface area (Å²) < 4.78 is 5.83. The number of unbranched alkanes of at least 4 members (excludes halogenated alkanes) is 17. The molecule has 56 heavy (non-hydrogen) atoms. The van der Waals surface area contributed by atoms with Crippen molar-refractivity contribution in [2.75, 3.05) is 6.61 Å². The first kappa shape index (κ1) is 53.3. The van der Waals surface area contributed by atoms with E-state index in [1.54, 1.807) is 0 Å². The van der Waals surface area contributed by atoms with Gasteiger partial charge in [0.2, 0.25) is 5.91 Å². The third-order valence-corrected chi connectivity index (χ3v) is 10.0. The predicted octanol–water partition coefficient (Wildman–Crippen LogP) is 13.4. The molecular weight excluding hydrogens is 695 g/mol. The third kappa shape index (κ3) is 38.2. The molecule has 3 atom stereocenters. The van der Waals surface area contributed by atoms with Crippen LogP contribution in [0.2, 0.25) is 0 Å². The van der Waals surface area contributed by atoms with Crippen LogP contribution in [0.3, 0.4) is 0 Å². The Bertz CT molecular complexity index is 1060. The monoisotopic (exact) mass is 782 g/mol. The van der Waals surface area contributed by atoms with Crippen molar-refractivity contribution in [2.45, 2.75) is 225 Å². The van der Waals surface area contributed by atoms with Crippen LogP contribution in [-0.2, 0) is 14.3 Å². The van der Waals surface area contributed by atoms with Crippen molar-refractivity contribution in [2.24, 2.45) is 0 Å². The number of hydrogen-bond acceptors (Lipinski definition) is 5. The fourth-order valence-corrected chi connectivity index (χ4v) is 6.51. The molecule has 0 saturated heterocycles. The summed E-state index contributed by atoms with van der Waals surface area (Å²) >= 11 is 0. The van der Waals surface area contributed by atoms with Gasteiger partial charge in [0.05, 0.1) is 25.2 Å². The standard InChI is InChI=1S/C50H87NO5/c1-4-7-10-13-16-19-22-24-25-26-27-29-32-35-38-41-46(56-50(55)43-40-37-34-31-21-18-15-12-9-6-3)44-49(54)51-47(45-52)48(53)42-39-36-33-30-28-23-20-17-14-11-8-5-2/h7,10,12,15-16,19,24-25,27,29,35,38,46-48,52-53H,4-6,8-9,11,13-14,17-18,20-23,26,28,30-34,36-37,39-45H2,1-3H3,(H,51,54)/b10-7-,15-12-,19-16-,25-24-,29-27-,38-35-. The predicted molar refractivity (Wildman–Crippen MR) is 241 cm³/mol. The molecule has 0 aromatic carbocycles. The van der Waals surface area contributed by atoms with E-state index in [2.05, 4.69) is 86.8 Å². The maximum Gasteiger partial charge on any atom is 0.306 e. The summed E-state index contributed by atoms with van der Waals surface area (Å²) in [6.45, 7) is 6.25. The van der Waals surface area contributed by atoms with Crippen LogP contribution < -0.4 is 5.32 Å². The van der Waals surface area contributed by atoms with Crippen LogP contribution in [0, 0.1) is 0 Å². The van der Waals surface area contributed by atoms with E-state index in [0.717, 1.165) is 89.9 Å². The molecule has 0 aromatic heterocycles. The molecule has 0 radical (unpaired) electrons. The number of rotatable bonds is 40. The van der Waals surface area contributed by atoms with Crippen molar-refractivity contribution < 1.29 is 24.5 Å². The quantitative estimate of drug-likeness (QED) is 0.0327. The van der Waals surface area contributed by atoms with Gasteiger partial charge in [0.25, 0.3) is 0 Å². The van der Waals surface area contributed by atoms with Gasteiger partial charge in [-0.05, 0) is 64.2 Å². The molecule has 0 heterocycles. The normalized spacial score (nSPS) is 14.0. The first-order valence-electron chi connectivity index (χ1n) is 23.2. The maximum absolute atomic E-state index is 13.1. The summed E-state index contributed by atoms with van der Waals surface area (Å²) in [7, 11) is 0. The summed E-state index contributed by atoms with van der Waals surface area (Å²) in [4.78, 5) is 25.9. The van der Waals surface area contributed by atoms with Crippen molar-refractivity contribution in [3.8, 4) is 0 Å². The molecule has 0 aromatic rings. The highest BCUT2D eigenvalue weighted by Crippen LogP contribution is 2.15. The smallest absolute Gasteiger partial charge is 0.306 e.